The highest BCUT2D eigenvalue weighted by Crippen LogP contribution is 2.38. The minimum atomic E-state index is -0.486. The molecule has 1 aromatic rings. The topological polar surface area (TPSA) is 110 Å². The van der Waals surface area contributed by atoms with Gasteiger partial charge in [-0.1, -0.05) is 20.8 Å². The van der Waals surface area contributed by atoms with Crippen LogP contribution in [-0.4, -0.2) is 28.0 Å². The van der Waals surface area contributed by atoms with Crippen molar-refractivity contribution in [3.8, 4) is 0 Å². The number of nitro groups is 1. The van der Waals surface area contributed by atoms with Gasteiger partial charge in [-0.25, -0.2) is 15.8 Å². The van der Waals surface area contributed by atoms with Crippen molar-refractivity contribution in [2.45, 2.75) is 33.6 Å². The number of hydrogen-bond acceptors (Lipinski definition) is 7. The Labute approximate surface area is 123 Å². The van der Waals surface area contributed by atoms with Gasteiger partial charge in [-0.2, -0.15) is 0 Å². The standard InChI is InChI=1S/C13H22N6O2/c1-13(2,3)9-4-6-18(7-5-9)12-10(19(20)21)11(17-14)15-8-16-12/h8-9H,4-7,14H2,1-3H3,(H,15,16,17). The lowest BCUT2D eigenvalue weighted by molar-refractivity contribution is -0.383. The monoisotopic (exact) mass is 294 g/mol. The quantitative estimate of drug-likeness (QED) is 0.498. The number of rotatable bonds is 3. The first kappa shape index (κ1) is 15.4. The van der Waals surface area contributed by atoms with Gasteiger partial charge in [-0.3, -0.25) is 10.1 Å². The van der Waals surface area contributed by atoms with Gasteiger partial charge in [-0.15, -0.1) is 0 Å². The number of nitrogens with one attached hydrogen (secondary N) is 1. The number of nitrogens with two attached hydrogens (primary N) is 1. The van der Waals surface area contributed by atoms with Crippen LogP contribution < -0.4 is 16.2 Å². The Morgan fingerprint density at radius 2 is 2.00 bits per heavy atom. The van der Waals surface area contributed by atoms with E-state index in [9.17, 15) is 10.1 Å². The molecule has 8 heteroatoms. The average Bonchev–Trinajstić information content (AvgIpc) is 2.45. The maximum absolute atomic E-state index is 11.3. The van der Waals surface area contributed by atoms with E-state index in [-0.39, 0.29) is 16.9 Å². The van der Waals surface area contributed by atoms with Crippen molar-refractivity contribution in [1.82, 2.24) is 9.97 Å². The highest BCUT2D eigenvalue weighted by atomic mass is 16.6. The Hall–Kier alpha value is -1.96. The van der Waals surface area contributed by atoms with Crippen molar-refractivity contribution < 1.29 is 4.92 Å². The van der Waals surface area contributed by atoms with Crippen LogP contribution in [0.25, 0.3) is 0 Å². The first-order valence-electron chi connectivity index (χ1n) is 7.05. The predicted molar refractivity (Wildman–Crippen MR) is 80.9 cm³/mol. The molecule has 21 heavy (non-hydrogen) atoms. The van der Waals surface area contributed by atoms with E-state index in [1.54, 1.807) is 0 Å². The van der Waals surface area contributed by atoms with E-state index in [0.717, 1.165) is 25.9 Å². The van der Waals surface area contributed by atoms with Crippen molar-refractivity contribution in [2.75, 3.05) is 23.4 Å². The minimum absolute atomic E-state index is 0.0444. The Morgan fingerprint density at radius 3 is 2.48 bits per heavy atom. The maximum atomic E-state index is 11.3. The number of nitrogen functional groups attached to an aromatic ring is 1. The normalized spacial score (nSPS) is 16.9. The van der Waals surface area contributed by atoms with Gasteiger partial charge in [0.25, 0.3) is 0 Å². The SMILES string of the molecule is CC(C)(C)C1CCN(c2ncnc(NN)c2[N+](=O)[O-])CC1. The highest BCUT2D eigenvalue weighted by Gasteiger charge is 2.33. The lowest BCUT2D eigenvalue weighted by Gasteiger charge is -2.39. The lowest BCUT2D eigenvalue weighted by atomic mass is 9.75. The molecule has 1 saturated heterocycles. The fraction of sp³-hybridized carbons (Fsp3) is 0.692. The van der Waals surface area contributed by atoms with Gasteiger partial charge in [0.15, 0.2) is 0 Å². The molecule has 1 aliphatic rings. The Kier molecular flexibility index (Phi) is 4.26. The number of aromatic nitrogens is 2. The molecule has 0 unspecified atom stereocenters. The minimum Gasteiger partial charge on any atom is -0.351 e. The van der Waals surface area contributed by atoms with Crippen LogP contribution in [0.15, 0.2) is 6.33 Å². The van der Waals surface area contributed by atoms with Crippen LogP contribution in [0.5, 0.6) is 0 Å². The largest absolute Gasteiger partial charge is 0.354 e. The first-order valence-corrected chi connectivity index (χ1v) is 7.05. The molecular weight excluding hydrogens is 272 g/mol. The van der Waals surface area contributed by atoms with Crippen molar-refractivity contribution in [3.05, 3.63) is 16.4 Å². The predicted octanol–water partition coefficient (Wildman–Crippen LogP) is 1.93. The summed E-state index contributed by atoms with van der Waals surface area (Å²) in [7, 11) is 0. The Bertz CT molecular complexity index is 520. The van der Waals surface area contributed by atoms with Gasteiger partial charge in [0.2, 0.25) is 11.6 Å². The molecule has 8 nitrogen and oxygen atoms in total. The third kappa shape index (κ3) is 3.21. The van der Waals surface area contributed by atoms with Crippen LogP contribution in [0.2, 0.25) is 0 Å². The highest BCUT2D eigenvalue weighted by molar-refractivity contribution is 5.69. The van der Waals surface area contributed by atoms with E-state index in [1.165, 1.54) is 6.33 Å². The van der Waals surface area contributed by atoms with Gasteiger partial charge in [0, 0.05) is 13.1 Å². The van der Waals surface area contributed by atoms with E-state index in [2.05, 4.69) is 36.2 Å². The van der Waals surface area contributed by atoms with Crippen LogP contribution in [0.3, 0.4) is 0 Å². The van der Waals surface area contributed by atoms with Gasteiger partial charge in [0.1, 0.15) is 6.33 Å². The van der Waals surface area contributed by atoms with E-state index >= 15 is 0 Å². The molecule has 3 N–H and O–H groups in total. The van der Waals surface area contributed by atoms with Crippen molar-refractivity contribution >= 4 is 17.3 Å². The zero-order chi connectivity index (χ0) is 15.6. The Morgan fingerprint density at radius 1 is 1.38 bits per heavy atom. The molecule has 0 saturated carbocycles. The number of anilines is 2. The van der Waals surface area contributed by atoms with Crippen LogP contribution in [-0.2, 0) is 0 Å². The summed E-state index contributed by atoms with van der Waals surface area (Å²) in [5.74, 6) is 6.30. The second-order valence-corrected chi connectivity index (χ2v) is 6.42. The molecule has 116 valence electrons. The third-order valence-corrected chi connectivity index (χ3v) is 4.14. The van der Waals surface area contributed by atoms with E-state index in [1.807, 2.05) is 4.90 Å². The molecule has 0 aromatic carbocycles. The summed E-state index contributed by atoms with van der Waals surface area (Å²) in [6, 6.07) is 0. The Balaban J connectivity index is 2.23. The maximum Gasteiger partial charge on any atom is 0.354 e. The third-order valence-electron chi connectivity index (χ3n) is 4.14. The van der Waals surface area contributed by atoms with Gasteiger partial charge >= 0.3 is 5.69 Å². The van der Waals surface area contributed by atoms with E-state index in [4.69, 9.17) is 5.84 Å². The summed E-state index contributed by atoms with van der Waals surface area (Å²) in [6.07, 6.45) is 3.29. The summed E-state index contributed by atoms with van der Waals surface area (Å²) in [5.41, 5.74) is 2.37. The van der Waals surface area contributed by atoms with Crippen molar-refractivity contribution in [3.63, 3.8) is 0 Å². The summed E-state index contributed by atoms with van der Waals surface area (Å²) >= 11 is 0. The molecule has 0 bridgehead atoms. The summed E-state index contributed by atoms with van der Waals surface area (Å²) in [6.45, 7) is 8.21. The molecule has 1 aliphatic heterocycles. The molecule has 1 fully saturated rings. The number of hydrazine groups is 1. The molecule has 0 spiro atoms. The molecule has 0 atom stereocenters. The number of nitrogens with zero attached hydrogens (tertiary/aromatic N) is 4. The summed E-state index contributed by atoms with van der Waals surface area (Å²) in [4.78, 5) is 20.6. The zero-order valence-corrected chi connectivity index (χ0v) is 12.7. The van der Waals surface area contributed by atoms with Crippen LogP contribution in [0, 0.1) is 21.4 Å². The molecule has 0 aliphatic carbocycles. The second-order valence-electron chi connectivity index (χ2n) is 6.42. The molecule has 2 rings (SSSR count). The average molecular weight is 294 g/mol. The van der Waals surface area contributed by atoms with Gasteiger partial charge < -0.3 is 10.3 Å². The summed E-state index contributed by atoms with van der Waals surface area (Å²) in [5, 5.41) is 11.3. The fourth-order valence-corrected chi connectivity index (χ4v) is 2.83. The van der Waals surface area contributed by atoms with Crippen LogP contribution >= 0.6 is 0 Å². The molecular formula is C13H22N6O2. The van der Waals surface area contributed by atoms with Crippen LogP contribution in [0.4, 0.5) is 17.3 Å². The van der Waals surface area contributed by atoms with Crippen molar-refractivity contribution in [1.29, 1.82) is 0 Å². The van der Waals surface area contributed by atoms with Gasteiger partial charge in [0.05, 0.1) is 4.92 Å². The molecule has 2 heterocycles. The van der Waals surface area contributed by atoms with Gasteiger partial charge in [-0.05, 0) is 24.2 Å². The van der Waals surface area contributed by atoms with E-state index in [0.29, 0.717) is 11.7 Å². The first-order chi connectivity index (χ1) is 9.84. The zero-order valence-electron chi connectivity index (χ0n) is 12.7. The molecule has 0 radical (unpaired) electrons. The summed E-state index contributed by atoms with van der Waals surface area (Å²) < 4.78 is 0. The van der Waals surface area contributed by atoms with E-state index < -0.39 is 4.92 Å². The second kappa shape index (κ2) is 5.80. The number of hydrogen-bond donors (Lipinski definition) is 2. The van der Waals surface area contributed by atoms with Crippen LogP contribution in [0.1, 0.15) is 33.6 Å². The molecule has 1 aromatic heterocycles. The fourth-order valence-electron chi connectivity index (χ4n) is 2.83. The smallest absolute Gasteiger partial charge is 0.351 e. The lowest BCUT2D eigenvalue weighted by Crippen LogP contribution is -2.38. The molecule has 0 amide bonds. The van der Waals surface area contributed by atoms with Crippen molar-refractivity contribution in [2.24, 2.45) is 17.2 Å². The number of piperidine rings is 1.